The van der Waals surface area contributed by atoms with Crippen LogP contribution in [0.5, 0.6) is 0 Å². The Bertz CT molecular complexity index is 540. The fourth-order valence-electron chi connectivity index (χ4n) is 1.95. The van der Waals surface area contributed by atoms with Gasteiger partial charge in [-0.2, -0.15) is 0 Å². The predicted molar refractivity (Wildman–Crippen MR) is 74.7 cm³/mol. The number of carbonyl (C=O) groups excluding carboxylic acids is 1. The van der Waals surface area contributed by atoms with Crippen molar-refractivity contribution in [3.63, 3.8) is 0 Å². The van der Waals surface area contributed by atoms with E-state index in [1.165, 1.54) is 0 Å². The van der Waals surface area contributed by atoms with Gasteiger partial charge in [-0.05, 0) is 37.1 Å². The number of nitrogens with one attached hydrogen (secondary N) is 2. The van der Waals surface area contributed by atoms with E-state index in [1.807, 2.05) is 0 Å². The van der Waals surface area contributed by atoms with E-state index in [9.17, 15) is 13.2 Å². The normalized spacial score (nSPS) is 18.7. The van der Waals surface area contributed by atoms with E-state index in [-0.39, 0.29) is 23.6 Å². The number of benzene rings is 1. The summed E-state index contributed by atoms with van der Waals surface area (Å²) < 4.78 is 22.5. The van der Waals surface area contributed by atoms with Gasteiger partial charge in [-0.3, -0.25) is 0 Å². The SMILES string of the molecule is Nc1ccc(NC(=O)NC2CCS(=O)(=O)CC2)cc1. The average Bonchev–Trinajstić information content (AvgIpc) is 2.35. The number of hydrogen-bond donors (Lipinski definition) is 3. The van der Waals surface area contributed by atoms with Crippen LogP contribution in [-0.2, 0) is 9.84 Å². The first-order valence-electron chi connectivity index (χ1n) is 6.08. The van der Waals surface area contributed by atoms with Gasteiger partial charge in [-0.15, -0.1) is 0 Å². The summed E-state index contributed by atoms with van der Waals surface area (Å²) in [5, 5.41) is 5.46. The smallest absolute Gasteiger partial charge is 0.319 e. The van der Waals surface area contributed by atoms with Crippen LogP contribution in [0.25, 0.3) is 0 Å². The van der Waals surface area contributed by atoms with Gasteiger partial charge >= 0.3 is 6.03 Å². The molecule has 6 nitrogen and oxygen atoms in total. The Morgan fingerprint density at radius 1 is 1.16 bits per heavy atom. The molecule has 1 aromatic carbocycles. The van der Waals surface area contributed by atoms with Crippen LogP contribution in [0.15, 0.2) is 24.3 Å². The van der Waals surface area contributed by atoms with Crippen molar-refractivity contribution in [1.29, 1.82) is 0 Å². The van der Waals surface area contributed by atoms with E-state index in [0.717, 1.165) is 0 Å². The Hall–Kier alpha value is -1.76. The molecule has 1 aliphatic rings. The molecule has 0 unspecified atom stereocenters. The van der Waals surface area contributed by atoms with Crippen LogP contribution in [0.1, 0.15) is 12.8 Å². The lowest BCUT2D eigenvalue weighted by Crippen LogP contribution is -2.42. The van der Waals surface area contributed by atoms with E-state index in [0.29, 0.717) is 24.2 Å². The highest BCUT2D eigenvalue weighted by Gasteiger charge is 2.24. The fourth-order valence-corrected chi connectivity index (χ4v) is 3.44. The van der Waals surface area contributed by atoms with Gasteiger partial charge < -0.3 is 16.4 Å². The lowest BCUT2D eigenvalue weighted by Gasteiger charge is -2.23. The van der Waals surface area contributed by atoms with Crippen LogP contribution >= 0.6 is 0 Å². The lowest BCUT2D eigenvalue weighted by molar-refractivity contribution is 0.247. The third-order valence-corrected chi connectivity index (χ3v) is 4.77. The summed E-state index contributed by atoms with van der Waals surface area (Å²) in [5.74, 6) is 0.277. The van der Waals surface area contributed by atoms with Crippen molar-refractivity contribution < 1.29 is 13.2 Å². The second kappa shape index (κ2) is 5.48. The molecule has 0 aromatic heterocycles. The second-order valence-corrected chi connectivity index (χ2v) is 6.95. The summed E-state index contributed by atoms with van der Waals surface area (Å²) in [6.45, 7) is 0. The number of nitrogen functional groups attached to an aromatic ring is 1. The summed E-state index contributed by atoms with van der Waals surface area (Å²) in [7, 11) is -2.90. The summed E-state index contributed by atoms with van der Waals surface area (Å²) in [4.78, 5) is 11.7. The van der Waals surface area contributed by atoms with Gasteiger partial charge in [-0.1, -0.05) is 0 Å². The molecule has 1 fully saturated rings. The number of nitrogens with two attached hydrogens (primary N) is 1. The summed E-state index contributed by atoms with van der Waals surface area (Å²) in [5.41, 5.74) is 6.82. The van der Waals surface area contributed by atoms with Crippen molar-refractivity contribution in [1.82, 2.24) is 5.32 Å². The van der Waals surface area contributed by atoms with Crippen molar-refractivity contribution in [2.24, 2.45) is 0 Å². The molecule has 0 radical (unpaired) electrons. The van der Waals surface area contributed by atoms with Gasteiger partial charge in [-0.25, -0.2) is 13.2 Å². The zero-order valence-electron chi connectivity index (χ0n) is 10.4. The molecule has 19 heavy (non-hydrogen) atoms. The van der Waals surface area contributed by atoms with Gasteiger partial charge in [0, 0.05) is 17.4 Å². The molecule has 104 valence electrons. The first-order valence-corrected chi connectivity index (χ1v) is 7.90. The fraction of sp³-hybridized carbons (Fsp3) is 0.417. The van der Waals surface area contributed by atoms with Crippen LogP contribution in [0.3, 0.4) is 0 Å². The number of amides is 2. The second-order valence-electron chi connectivity index (χ2n) is 4.65. The summed E-state index contributed by atoms with van der Waals surface area (Å²) in [6, 6.07) is 6.40. The molecule has 0 spiro atoms. The molecular weight excluding hydrogens is 266 g/mol. The maximum atomic E-state index is 11.7. The Labute approximate surface area is 112 Å². The van der Waals surface area contributed by atoms with Gasteiger partial charge in [0.25, 0.3) is 0 Å². The number of urea groups is 1. The number of carbonyl (C=O) groups is 1. The van der Waals surface area contributed by atoms with Crippen LogP contribution in [-0.4, -0.2) is 32.0 Å². The van der Waals surface area contributed by atoms with E-state index in [1.54, 1.807) is 24.3 Å². The molecule has 2 rings (SSSR count). The van der Waals surface area contributed by atoms with Gasteiger partial charge in [0.15, 0.2) is 0 Å². The van der Waals surface area contributed by atoms with Gasteiger partial charge in [0.05, 0.1) is 11.5 Å². The molecule has 0 saturated carbocycles. The Morgan fingerprint density at radius 2 is 1.74 bits per heavy atom. The first-order chi connectivity index (χ1) is 8.94. The van der Waals surface area contributed by atoms with Crippen LogP contribution < -0.4 is 16.4 Å². The molecule has 1 aromatic rings. The first kappa shape index (κ1) is 13.7. The van der Waals surface area contributed by atoms with Crippen LogP contribution in [0.4, 0.5) is 16.2 Å². The standard InChI is InChI=1S/C12H17N3O3S/c13-9-1-3-10(4-2-9)14-12(16)15-11-5-7-19(17,18)8-6-11/h1-4,11H,5-8,13H2,(H2,14,15,16). The lowest BCUT2D eigenvalue weighted by atomic mass is 10.2. The Morgan fingerprint density at radius 3 is 2.32 bits per heavy atom. The van der Waals surface area contributed by atoms with Crippen LogP contribution in [0.2, 0.25) is 0 Å². The third-order valence-electron chi connectivity index (χ3n) is 3.06. The van der Waals surface area contributed by atoms with Crippen LogP contribution in [0, 0.1) is 0 Å². The molecular formula is C12H17N3O3S. The number of anilines is 2. The molecule has 0 aliphatic carbocycles. The summed E-state index contributed by atoms with van der Waals surface area (Å²) in [6.07, 6.45) is 0.939. The largest absolute Gasteiger partial charge is 0.399 e. The molecule has 1 aliphatic heterocycles. The zero-order valence-corrected chi connectivity index (χ0v) is 11.2. The quantitative estimate of drug-likeness (QED) is 0.704. The van der Waals surface area contributed by atoms with Crippen molar-refractivity contribution in [2.75, 3.05) is 22.6 Å². The van der Waals surface area contributed by atoms with E-state index < -0.39 is 9.84 Å². The molecule has 1 saturated heterocycles. The van der Waals surface area contributed by atoms with Crippen molar-refractivity contribution in [3.05, 3.63) is 24.3 Å². The zero-order chi connectivity index (χ0) is 13.9. The highest BCUT2D eigenvalue weighted by atomic mass is 32.2. The highest BCUT2D eigenvalue weighted by molar-refractivity contribution is 7.91. The maximum absolute atomic E-state index is 11.7. The van der Waals surface area contributed by atoms with Gasteiger partial charge in [0.2, 0.25) is 0 Å². The molecule has 0 bridgehead atoms. The van der Waals surface area contributed by atoms with Crippen molar-refractivity contribution in [3.8, 4) is 0 Å². The minimum Gasteiger partial charge on any atom is -0.399 e. The van der Waals surface area contributed by atoms with Crippen molar-refractivity contribution in [2.45, 2.75) is 18.9 Å². The van der Waals surface area contributed by atoms with Crippen molar-refractivity contribution >= 4 is 27.2 Å². The van der Waals surface area contributed by atoms with E-state index in [2.05, 4.69) is 10.6 Å². The summed E-state index contributed by atoms with van der Waals surface area (Å²) >= 11 is 0. The minimum absolute atomic E-state index is 0.0858. The number of hydrogen-bond acceptors (Lipinski definition) is 4. The topological polar surface area (TPSA) is 101 Å². The van der Waals surface area contributed by atoms with Gasteiger partial charge in [0.1, 0.15) is 9.84 Å². The maximum Gasteiger partial charge on any atom is 0.319 e. The molecule has 0 atom stereocenters. The predicted octanol–water partition coefficient (Wildman–Crippen LogP) is 0.967. The minimum atomic E-state index is -2.90. The average molecular weight is 283 g/mol. The molecule has 2 amide bonds. The van der Waals surface area contributed by atoms with E-state index >= 15 is 0 Å². The molecule has 1 heterocycles. The molecule has 7 heteroatoms. The number of sulfone groups is 1. The number of rotatable bonds is 2. The Balaban J connectivity index is 1.83. The molecule has 4 N–H and O–H groups in total. The monoisotopic (exact) mass is 283 g/mol. The highest BCUT2D eigenvalue weighted by Crippen LogP contribution is 2.13. The third kappa shape index (κ3) is 4.13. The van der Waals surface area contributed by atoms with E-state index in [4.69, 9.17) is 5.73 Å². The Kier molecular flexibility index (Phi) is 3.94.